The average Bonchev–Trinajstić information content (AvgIpc) is 2.97. The first-order chi connectivity index (χ1) is 9.88. The Bertz CT molecular complexity index is 688. The summed E-state index contributed by atoms with van der Waals surface area (Å²) in [6.45, 7) is 0.744. The van der Waals surface area contributed by atoms with E-state index in [1.807, 2.05) is 43.7 Å². The number of benzene rings is 1. The maximum Gasteiger partial charge on any atom is 0.140 e. The first-order valence-corrected chi connectivity index (χ1v) is 6.56. The van der Waals surface area contributed by atoms with Gasteiger partial charge in [0.2, 0.25) is 0 Å². The van der Waals surface area contributed by atoms with Crippen LogP contribution in [-0.4, -0.2) is 21.6 Å². The van der Waals surface area contributed by atoms with Gasteiger partial charge in [-0.3, -0.25) is 0 Å². The van der Waals surface area contributed by atoms with Crippen LogP contribution in [0.5, 0.6) is 0 Å². The van der Waals surface area contributed by atoms with Crippen LogP contribution in [0.3, 0.4) is 0 Å². The Balaban J connectivity index is 1.95. The van der Waals surface area contributed by atoms with Gasteiger partial charge in [-0.1, -0.05) is 36.4 Å². The molecule has 0 fully saturated rings. The van der Waals surface area contributed by atoms with Crippen molar-refractivity contribution in [2.45, 2.75) is 6.54 Å². The maximum absolute atomic E-state index is 4.46. The Hall–Kier alpha value is -2.62. The van der Waals surface area contributed by atoms with Crippen molar-refractivity contribution in [1.82, 2.24) is 14.5 Å². The minimum Gasteiger partial charge on any atom is -0.373 e. The third-order valence-electron chi connectivity index (χ3n) is 3.22. The third kappa shape index (κ3) is 2.40. The number of aromatic nitrogens is 3. The molecular formula is C16H16N4. The number of hydrogen-bond donors (Lipinski definition) is 1. The van der Waals surface area contributed by atoms with Gasteiger partial charge in [0, 0.05) is 36.8 Å². The Morgan fingerprint density at radius 3 is 2.65 bits per heavy atom. The fourth-order valence-electron chi connectivity index (χ4n) is 2.26. The molecule has 0 amide bonds. The number of anilines is 1. The molecule has 4 nitrogen and oxygen atoms in total. The summed E-state index contributed by atoms with van der Waals surface area (Å²) in [5.41, 5.74) is 2.26. The van der Waals surface area contributed by atoms with Crippen LogP contribution in [0.4, 0.5) is 5.82 Å². The summed E-state index contributed by atoms with van der Waals surface area (Å²) < 4.78 is 2.13. The molecule has 0 aliphatic heterocycles. The molecule has 3 aromatic rings. The summed E-state index contributed by atoms with van der Waals surface area (Å²) >= 11 is 0. The molecule has 0 atom stereocenters. The Morgan fingerprint density at radius 1 is 1.00 bits per heavy atom. The van der Waals surface area contributed by atoms with Crippen molar-refractivity contribution in [2.75, 3.05) is 12.4 Å². The fourth-order valence-corrected chi connectivity index (χ4v) is 2.26. The highest BCUT2D eigenvalue weighted by molar-refractivity contribution is 5.55. The van der Waals surface area contributed by atoms with Crippen LogP contribution in [0.1, 0.15) is 5.56 Å². The molecule has 20 heavy (non-hydrogen) atoms. The lowest BCUT2D eigenvalue weighted by molar-refractivity contribution is 0.804. The minimum absolute atomic E-state index is 0.744. The van der Waals surface area contributed by atoms with Crippen molar-refractivity contribution in [3.05, 3.63) is 66.6 Å². The molecule has 4 heteroatoms. The first-order valence-electron chi connectivity index (χ1n) is 6.56. The van der Waals surface area contributed by atoms with Gasteiger partial charge >= 0.3 is 0 Å². The number of nitrogens with one attached hydrogen (secondary N) is 1. The van der Waals surface area contributed by atoms with Crippen LogP contribution in [0.25, 0.3) is 11.4 Å². The second-order valence-corrected chi connectivity index (χ2v) is 4.51. The van der Waals surface area contributed by atoms with Crippen molar-refractivity contribution in [1.29, 1.82) is 0 Å². The Kier molecular flexibility index (Phi) is 3.46. The molecule has 0 aliphatic carbocycles. The van der Waals surface area contributed by atoms with E-state index in [0.29, 0.717) is 0 Å². The van der Waals surface area contributed by atoms with Crippen molar-refractivity contribution >= 4 is 5.82 Å². The number of nitrogens with zero attached hydrogens (tertiary/aromatic N) is 3. The largest absolute Gasteiger partial charge is 0.373 e. The van der Waals surface area contributed by atoms with E-state index in [-0.39, 0.29) is 0 Å². The summed E-state index contributed by atoms with van der Waals surface area (Å²) in [7, 11) is 1.89. The van der Waals surface area contributed by atoms with E-state index in [1.165, 1.54) is 0 Å². The summed E-state index contributed by atoms with van der Waals surface area (Å²) in [6, 6.07) is 14.2. The van der Waals surface area contributed by atoms with Gasteiger partial charge in [0.1, 0.15) is 11.6 Å². The van der Waals surface area contributed by atoms with Crippen LogP contribution in [0.15, 0.2) is 61.1 Å². The highest BCUT2D eigenvalue weighted by Gasteiger charge is 2.08. The van der Waals surface area contributed by atoms with Crippen molar-refractivity contribution in [2.24, 2.45) is 0 Å². The van der Waals surface area contributed by atoms with E-state index in [9.17, 15) is 0 Å². The number of rotatable bonds is 4. The van der Waals surface area contributed by atoms with Gasteiger partial charge in [-0.2, -0.15) is 0 Å². The number of hydrogen-bond acceptors (Lipinski definition) is 3. The molecule has 100 valence electrons. The molecule has 0 radical (unpaired) electrons. The molecule has 3 rings (SSSR count). The molecule has 2 heterocycles. The molecule has 0 bridgehead atoms. The topological polar surface area (TPSA) is 42.7 Å². The normalized spacial score (nSPS) is 10.4. The minimum atomic E-state index is 0.744. The SMILES string of the molecule is CNc1ncccc1Cn1ccnc1-c1ccccc1. The summed E-state index contributed by atoms with van der Waals surface area (Å²) in [6.07, 6.45) is 5.62. The molecule has 1 aromatic carbocycles. The zero-order chi connectivity index (χ0) is 13.8. The lowest BCUT2D eigenvalue weighted by atomic mass is 10.2. The van der Waals surface area contributed by atoms with Crippen LogP contribution >= 0.6 is 0 Å². The van der Waals surface area contributed by atoms with E-state index < -0.39 is 0 Å². The third-order valence-corrected chi connectivity index (χ3v) is 3.22. The molecule has 0 saturated heterocycles. The summed E-state index contributed by atoms with van der Waals surface area (Å²) in [5.74, 6) is 1.87. The quantitative estimate of drug-likeness (QED) is 0.787. The Labute approximate surface area is 118 Å². The smallest absolute Gasteiger partial charge is 0.140 e. The highest BCUT2D eigenvalue weighted by Crippen LogP contribution is 2.20. The summed E-state index contributed by atoms with van der Waals surface area (Å²) in [5, 5.41) is 3.12. The summed E-state index contributed by atoms with van der Waals surface area (Å²) in [4.78, 5) is 8.80. The van der Waals surface area contributed by atoms with Gasteiger partial charge in [-0.25, -0.2) is 9.97 Å². The van der Waals surface area contributed by atoms with E-state index in [2.05, 4.69) is 38.1 Å². The maximum atomic E-state index is 4.46. The molecule has 0 unspecified atom stereocenters. The first kappa shape index (κ1) is 12.4. The van der Waals surface area contributed by atoms with Gasteiger partial charge in [0.05, 0.1) is 6.54 Å². The van der Waals surface area contributed by atoms with Gasteiger partial charge in [0.25, 0.3) is 0 Å². The van der Waals surface area contributed by atoms with Crippen molar-refractivity contribution < 1.29 is 0 Å². The van der Waals surface area contributed by atoms with Gasteiger partial charge in [-0.05, 0) is 6.07 Å². The second-order valence-electron chi connectivity index (χ2n) is 4.51. The molecular weight excluding hydrogens is 248 g/mol. The van der Waals surface area contributed by atoms with Crippen molar-refractivity contribution in [3.8, 4) is 11.4 Å². The zero-order valence-electron chi connectivity index (χ0n) is 11.3. The Morgan fingerprint density at radius 2 is 1.85 bits per heavy atom. The molecule has 0 saturated carbocycles. The van der Waals surface area contributed by atoms with E-state index in [0.717, 1.165) is 29.3 Å². The van der Waals surface area contributed by atoms with Gasteiger partial charge in [-0.15, -0.1) is 0 Å². The molecule has 0 spiro atoms. The monoisotopic (exact) mass is 264 g/mol. The van der Waals surface area contributed by atoms with E-state index in [4.69, 9.17) is 0 Å². The molecule has 2 aromatic heterocycles. The zero-order valence-corrected chi connectivity index (χ0v) is 11.3. The van der Waals surface area contributed by atoms with Crippen LogP contribution < -0.4 is 5.32 Å². The lowest BCUT2D eigenvalue weighted by Gasteiger charge is -2.11. The molecule has 1 N–H and O–H groups in total. The lowest BCUT2D eigenvalue weighted by Crippen LogP contribution is -2.05. The predicted octanol–water partition coefficient (Wildman–Crippen LogP) is 3.04. The van der Waals surface area contributed by atoms with Crippen LogP contribution in [0, 0.1) is 0 Å². The van der Waals surface area contributed by atoms with Crippen LogP contribution in [-0.2, 0) is 6.54 Å². The molecule has 0 aliphatic rings. The van der Waals surface area contributed by atoms with Gasteiger partial charge in [0.15, 0.2) is 0 Å². The van der Waals surface area contributed by atoms with Crippen LogP contribution in [0.2, 0.25) is 0 Å². The average molecular weight is 264 g/mol. The number of pyridine rings is 1. The second kappa shape index (κ2) is 5.57. The predicted molar refractivity (Wildman–Crippen MR) is 80.5 cm³/mol. The van der Waals surface area contributed by atoms with Gasteiger partial charge < -0.3 is 9.88 Å². The van der Waals surface area contributed by atoms with E-state index >= 15 is 0 Å². The van der Waals surface area contributed by atoms with E-state index in [1.54, 1.807) is 6.20 Å². The van der Waals surface area contributed by atoms with Crippen molar-refractivity contribution in [3.63, 3.8) is 0 Å². The highest BCUT2D eigenvalue weighted by atomic mass is 15.1. The number of imidazole rings is 1. The standard InChI is InChI=1S/C16H16N4/c1-17-15-14(8-5-9-18-15)12-20-11-10-19-16(20)13-6-3-2-4-7-13/h2-11H,12H2,1H3,(H,17,18). The fraction of sp³-hybridized carbons (Fsp3) is 0.125.